The van der Waals surface area contributed by atoms with Crippen LogP contribution in [0, 0.1) is 0 Å². The molecule has 0 bridgehead atoms. The first-order valence-electron chi connectivity index (χ1n) is 6.43. The zero-order valence-electron chi connectivity index (χ0n) is 11.1. The van der Waals surface area contributed by atoms with Gasteiger partial charge < -0.3 is 15.2 Å². The summed E-state index contributed by atoms with van der Waals surface area (Å²) in [4.78, 5) is 0. The first-order valence-corrected chi connectivity index (χ1v) is 7.38. The Morgan fingerprint density at radius 2 is 2.11 bits per heavy atom. The monoisotopic (exact) mass is 277 g/mol. The molecule has 102 valence electrons. The Kier molecular flexibility index (Phi) is 5.24. The molecule has 0 unspecified atom stereocenters. The standard InChI is InChI=1S/C15H19NO2S/c1-2-17-14-5-3-4-13(10-16)15(14)18-8-6-12-7-9-19-11-12/h3-5,7,9,11H,2,6,8,10,16H2,1H3. The van der Waals surface area contributed by atoms with Gasteiger partial charge in [0.25, 0.3) is 0 Å². The van der Waals surface area contributed by atoms with Gasteiger partial charge in [-0.2, -0.15) is 11.3 Å². The summed E-state index contributed by atoms with van der Waals surface area (Å²) in [5.41, 5.74) is 8.03. The van der Waals surface area contributed by atoms with Gasteiger partial charge in [0.1, 0.15) is 0 Å². The largest absolute Gasteiger partial charge is 0.490 e. The smallest absolute Gasteiger partial charge is 0.165 e. The minimum absolute atomic E-state index is 0.453. The average molecular weight is 277 g/mol. The van der Waals surface area contributed by atoms with E-state index in [4.69, 9.17) is 15.2 Å². The number of para-hydroxylation sites is 1. The molecule has 0 aliphatic rings. The van der Waals surface area contributed by atoms with E-state index in [0.717, 1.165) is 23.5 Å². The zero-order chi connectivity index (χ0) is 13.5. The van der Waals surface area contributed by atoms with E-state index in [9.17, 15) is 0 Å². The van der Waals surface area contributed by atoms with E-state index < -0.39 is 0 Å². The second-order valence-corrected chi connectivity index (χ2v) is 4.89. The molecule has 0 radical (unpaired) electrons. The first kappa shape index (κ1) is 13.9. The lowest BCUT2D eigenvalue weighted by Gasteiger charge is -2.15. The number of hydrogen-bond donors (Lipinski definition) is 1. The molecule has 0 amide bonds. The van der Waals surface area contributed by atoms with Gasteiger partial charge in [-0.3, -0.25) is 0 Å². The molecule has 3 nitrogen and oxygen atoms in total. The van der Waals surface area contributed by atoms with Crippen molar-refractivity contribution in [2.75, 3.05) is 13.2 Å². The quantitative estimate of drug-likeness (QED) is 0.845. The summed E-state index contributed by atoms with van der Waals surface area (Å²) >= 11 is 1.70. The lowest BCUT2D eigenvalue weighted by Crippen LogP contribution is -2.07. The normalized spacial score (nSPS) is 10.4. The summed E-state index contributed by atoms with van der Waals surface area (Å²) in [5.74, 6) is 1.55. The number of rotatable bonds is 7. The molecule has 0 fully saturated rings. The van der Waals surface area contributed by atoms with Crippen LogP contribution in [0.25, 0.3) is 0 Å². The molecule has 0 atom stereocenters. The van der Waals surface area contributed by atoms with Crippen molar-refractivity contribution < 1.29 is 9.47 Å². The summed E-state index contributed by atoms with van der Waals surface area (Å²) in [5, 5.41) is 4.22. The molecule has 1 heterocycles. The van der Waals surface area contributed by atoms with Crippen molar-refractivity contribution >= 4 is 11.3 Å². The second kappa shape index (κ2) is 7.16. The number of benzene rings is 1. The van der Waals surface area contributed by atoms with Crippen LogP contribution < -0.4 is 15.2 Å². The Morgan fingerprint density at radius 3 is 2.79 bits per heavy atom. The lowest BCUT2D eigenvalue weighted by atomic mass is 10.2. The lowest BCUT2D eigenvalue weighted by molar-refractivity contribution is 0.277. The Morgan fingerprint density at radius 1 is 1.21 bits per heavy atom. The van der Waals surface area contributed by atoms with Gasteiger partial charge >= 0.3 is 0 Å². The highest BCUT2D eigenvalue weighted by atomic mass is 32.1. The predicted octanol–water partition coefficient (Wildman–Crippen LogP) is 3.23. The molecular weight excluding hydrogens is 258 g/mol. The van der Waals surface area contributed by atoms with Crippen LogP contribution in [0.1, 0.15) is 18.1 Å². The Bertz CT molecular complexity index is 497. The summed E-state index contributed by atoms with van der Waals surface area (Å²) < 4.78 is 11.5. The Hall–Kier alpha value is -1.52. The minimum atomic E-state index is 0.453. The molecule has 2 rings (SSSR count). The fourth-order valence-corrected chi connectivity index (χ4v) is 2.56. The van der Waals surface area contributed by atoms with Gasteiger partial charge in [-0.25, -0.2) is 0 Å². The molecule has 0 spiro atoms. The highest BCUT2D eigenvalue weighted by molar-refractivity contribution is 7.07. The Balaban J connectivity index is 2.04. The number of thiophene rings is 1. The average Bonchev–Trinajstić information content (AvgIpc) is 2.93. The SMILES string of the molecule is CCOc1cccc(CN)c1OCCc1ccsc1. The van der Waals surface area contributed by atoms with Gasteiger partial charge in [-0.1, -0.05) is 12.1 Å². The summed E-state index contributed by atoms with van der Waals surface area (Å²) in [6.07, 6.45) is 0.897. The second-order valence-electron chi connectivity index (χ2n) is 4.11. The van der Waals surface area contributed by atoms with Gasteiger partial charge in [0.2, 0.25) is 0 Å². The summed E-state index contributed by atoms with van der Waals surface area (Å²) in [7, 11) is 0. The molecule has 0 saturated carbocycles. The molecule has 1 aromatic carbocycles. The third-order valence-corrected chi connectivity index (χ3v) is 3.53. The molecule has 2 aromatic rings. The summed E-state index contributed by atoms with van der Waals surface area (Å²) in [6.45, 7) is 3.67. The van der Waals surface area contributed by atoms with Crippen molar-refractivity contribution in [1.29, 1.82) is 0 Å². The number of hydrogen-bond acceptors (Lipinski definition) is 4. The highest BCUT2D eigenvalue weighted by Crippen LogP contribution is 2.31. The van der Waals surface area contributed by atoms with Gasteiger partial charge in [0, 0.05) is 18.5 Å². The maximum atomic E-state index is 5.88. The zero-order valence-corrected chi connectivity index (χ0v) is 11.9. The van der Waals surface area contributed by atoms with Crippen LogP contribution in [-0.2, 0) is 13.0 Å². The van der Waals surface area contributed by atoms with Crippen LogP contribution >= 0.6 is 11.3 Å². The van der Waals surface area contributed by atoms with Crippen molar-refractivity contribution in [3.63, 3.8) is 0 Å². The van der Waals surface area contributed by atoms with Crippen molar-refractivity contribution in [2.45, 2.75) is 19.9 Å². The van der Waals surface area contributed by atoms with Crippen molar-refractivity contribution in [3.05, 3.63) is 46.2 Å². The van der Waals surface area contributed by atoms with Gasteiger partial charge in [-0.05, 0) is 35.4 Å². The van der Waals surface area contributed by atoms with E-state index in [1.54, 1.807) is 11.3 Å². The van der Waals surface area contributed by atoms with Crippen LogP contribution in [0.3, 0.4) is 0 Å². The molecule has 0 saturated heterocycles. The van der Waals surface area contributed by atoms with Crippen molar-refractivity contribution in [2.24, 2.45) is 5.73 Å². The summed E-state index contributed by atoms with van der Waals surface area (Å²) in [6, 6.07) is 7.95. The van der Waals surface area contributed by atoms with E-state index in [0.29, 0.717) is 19.8 Å². The number of ether oxygens (including phenoxy) is 2. The van der Waals surface area contributed by atoms with E-state index in [1.165, 1.54) is 5.56 Å². The molecular formula is C15H19NO2S. The fourth-order valence-electron chi connectivity index (χ4n) is 1.86. The van der Waals surface area contributed by atoms with Gasteiger partial charge in [-0.15, -0.1) is 0 Å². The van der Waals surface area contributed by atoms with Gasteiger partial charge in [0.15, 0.2) is 11.5 Å². The Labute approximate surface area is 118 Å². The minimum Gasteiger partial charge on any atom is -0.490 e. The highest BCUT2D eigenvalue weighted by Gasteiger charge is 2.09. The maximum absolute atomic E-state index is 5.88. The molecule has 0 aliphatic heterocycles. The van der Waals surface area contributed by atoms with Gasteiger partial charge in [0.05, 0.1) is 13.2 Å². The van der Waals surface area contributed by atoms with E-state index in [-0.39, 0.29) is 0 Å². The maximum Gasteiger partial charge on any atom is 0.165 e. The van der Waals surface area contributed by atoms with Crippen LogP contribution in [0.5, 0.6) is 11.5 Å². The number of nitrogens with two attached hydrogens (primary N) is 1. The molecule has 2 N–H and O–H groups in total. The predicted molar refractivity (Wildman–Crippen MR) is 79.0 cm³/mol. The van der Waals surface area contributed by atoms with E-state index in [1.807, 2.05) is 25.1 Å². The molecule has 1 aromatic heterocycles. The van der Waals surface area contributed by atoms with Crippen molar-refractivity contribution in [3.8, 4) is 11.5 Å². The van der Waals surface area contributed by atoms with Crippen LogP contribution in [0.15, 0.2) is 35.0 Å². The van der Waals surface area contributed by atoms with Crippen molar-refractivity contribution in [1.82, 2.24) is 0 Å². The van der Waals surface area contributed by atoms with E-state index >= 15 is 0 Å². The van der Waals surface area contributed by atoms with Crippen LogP contribution in [-0.4, -0.2) is 13.2 Å². The molecule has 19 heavy (non-hydrogen) atoms. The van der Waals surface area contributed by atoms with Crippen LogP contribution in [0.4, 0.5) is 0 Å². The molecule has 4 heteroatoms. The first-order chi connectivity index (χ1) is 9.35. The third kappa shape index (κ3) is 3.72. The van der Waals surface area contributed by atoms with E-state index in [2.05, 4.69) is 16.8 Å². The molecule has 0 aliphatic carbocycles. The fraction of sp³-hybridized carbons (Fsp3) is 0.333. The third-order valence-electron chi connectivity index (χ3n) is 2.80. The topological polar surface area (TPSA) is 44.5 Å². The van der Waals surface area contributed by atoms with Crippen LogP contribution in [0.2, 0.25) is 0 Å².